The van der Waals surface area contributed by atoms with E-state index in [0.29, 0.717) is 32.1 Å². The lowest BCUT2D eigenvalue weighted by atomic mass is 9.93. The highest BCUT2D eigenvalue weighted by atomic mass is 19.4. The van der Waals surface area contributed by atoms with Gasteiger partial charge in [-0.25, -0.2) is 4.79 Å². The van der Waals surface area contributed by atoms with Crippen LogP contribution in [0, 0.1) is 18.3 Å². The van der Waals surface area contributed by atoms with Crippen molar-refractivity contribution in [2.75, 3.05) is 6.61 Å². The van der Waals surface area contributed by atoms with Gasteiger partial charge in [-0.15, -0.1) is 6.42 Å². The molecule has 0 radical (unpaired) electrons. The van der Waals surface area contributed by atoms with E-state index in [0.717, 1.165) is 11.1 Å². The Hall–Kier alpha value is -4.90. The minimum Gasteiger partial charge on any atom is -0.542 e. The van der Waals surface area contributed by atoms with Gasteiger partial charge in [-0.05, 0) is 43.2 Å². The van der Waals surface area contributed by atoms with E-state index in [1.807, 2.05) is 66.6 Å². The van der Waals surface area contributed by atoms with Gasteiger partial charge in [0.2, 0.25) is 17.7 Å². The Bertz CT molecular complexity index is 1410. The monoisotopic (exact) mass is 657 g/mol. The molecule has 11 nitrogen and oxygen atoms in total. The zero-order valence-electron chi connectivity index (χ0n) is 25.6. The molecule has 2 aromatic carbocycles. The van der Waals surface area contributed by atoms with Crippen LogP contribution in [0.3, 0.4) is 0 Å². The molecule has 47 heavy (non-hydrogen) atoms. The van der Waals surface area contributed by atoms with Crippen molar-refractivity contribution in [2.24, 2.45) is 11.7 Å². The van der Waals surface area contributed by atoms with Crippen molar-refractivity contribution in [1.82, 2.24) is 15.5 Å². The van der Waals surface area contributed by atoms with E-state index in [2.05, 4.69) is 10.6 Å². The number of fused-ring (bicyclic) bond motifs is 1. The summed E-state index contributed by atoms with van der Waals surface area (Å²) in [5, 5.41) is 14.7. The van der Waals surface area contributed by atoms with Crippen molar-refractivity contribution >= 4 is 29.7 Å². The number of amides is 3. The first kappa shape index (κ1) is 36.6. The number of aliphatic carboxylic acids is 1. The third-order valence-corrected chi connectivity index (χ3v) is 8.07. The number of hydrogen-bond acceptors (Lipinski definition) is 8. The van der Waals surface area contributed by atoms with Crippen molar-refractivity contribution in [3.63, 3.8) is 0 Å². The van der Waals surface area contributed by atoms with E-state index in [4.69, 9.17) is 26.8 Å². The van der Waals surface area contributed by atoms with Crippen LogP contribution < -0.4 is 21.5 Å². The van der Waals surface area contributed by atoms with Gasteiger partial charge in [0.1, 0.15) is 18.1 Å². The molecular formula is C33H36F3N4O7-. The molecule has 14 heteroatoms. The first-order chi connectivity index (χ1) is 22.3. The molecule has 4 N–H and O–H groups in total. The number of carboxylic acid groups (broad SMARTS) is 1. The van der Waals surface area contributed by atoms with Gasteiger partial charge in [0.05, 0.1) is 18.7 Å². The number of nitrogens with two attached hydrogens (primary N) is 1. The summed E-state index contributed by atoms with van der Waals surface area (Å²) in [6.07, 6.45) is 2.59. The molecule has 2 saturated heterocycles. The number of carbonyl (C=O) groups is 5. The number of ether oxygens (including phenoxy) is 1. The van der Waals surface area contributed by atoms with Crippen LogP contribution in [0.15, 0.2) is 60.7 Å². The highest BCUT2D eigenvalue weighted by molar-refractivity contribution is 5.94. The molecule has 0 spiro atoms. The van der Waals surface area contributed by atoms with Crippen LogP contribution in [0.25, 0.3) is 0 Å². The van der Waals surface area contributed by atoms with Crippen LogP contribution >= 0.6 is 0 Å². The fourth-order valence-electron chi connectivity index (χ4n) is 5.61. The summed E-state index contributed by atoms with van der Waals surface area (Å²) in [5.74, 6) is -3.56. The average molecular weight is 658 g/mol. The second-order valence-electron chi connectivity index (χ2n) is 11.1. The number of esters is 1. The highest BCUT2D eigenvalue weighted by Gasteiger charge is 2.48. The van der Waals surface area contributed by atoms with Gasteiger partial charge in [-0.3, -0.25) is 14.4 Å². The number of nitrogens with one attached hydrogen (secondary N) is 2. The van der Waals surface area contributed by atoms with E-state index < -0.39 is 54.1 Å². The molecule has 0 aliphatic carbocycles. The van der Waals surface area contributed by atoms with Crippen molar-refractivity contribution < 1.29 is 47.0 Å². The minimum absolute atomic E-state index is 0.122. The Balaban J connectivity index is 0.000000771. The largest absolute Gasteiger partial charge is 0.542 e. The minimum atomic E-state index is -5.19. The molecular weight excluding hydrogens is 621 g/mol. The van der Waals surface area contributed by atoms with Crippen LogP contribution in [-0.2, 0) is 28.7 Å². The van der Waals surface area contributed by atoms with Gasteiger partial charge in [0, 0.05) is 17.9 Å². The maximum absolute atomic E-state index is 14.0. The van der Waals surface area contributed by atoms with Crippen molar-refractivity contribution in [2.45, 2.75) is 75.4 Å². The predicted octanol–water partition coefficient (Wildman–Crippen LogP) is 1.36. The average Bonchev–Trinajstić information content (AvgIpc) is 3.45. The molecule has 2 aliphatic heterocycles. The standard InChI is InChI=1S/C31H36N4O5.C2HF3O2/c1-3-24(32)29(37)34-28-22(19-40-26(36)4-2)15-16-23-17-18-25(35(23)31(28)39)30(38)33-27(20-11-7-5-8-12-20)21-13-9-6-10-14-21;3-2(4,5)1(6)7/h2,5-14,22-25,27-28H,3,15-19,32H2,1H3,(H,33,38)(H,34,37);(H,6,7)/p-1/t22-,23+,24+,25+,28+;/m1./s1. The maximum atomic E-state index is 14.0. The Morgan fingerprint density at radius 3 is 2.04 bits per heavy atom. The van der Waals surface area contributed by atoms with Gasteiger partial charge >= 0.3 is 12.1 Å². The summed E-state index contributed by atoms with van der Waals surface area (Å²) in [4.78, 5) is 62.7. The molecule has 2 fully saturated rings. The Morgan fingerprint density at radius 1 is 1.02 bits per heavy atom. The number of carboxylic acids is 1. The van der Waals surface area contributed by atoms with Crippen LogP contribution in [0.2, 0.25) is 0 Å². The fraction of sp³-hybridized carbons (Fsp3) is 0.424. The van der Waals surface area contributed by atoms with E-state index in [1.54, 1.807) is 11.8 Å². The molecule has 4 rings (SSSR count). The van der Waals surface area contributed by atoms with Gasteiger partial charge in [0.25, 0.3) is 0 Å². The first-order valence-electron chi connectivity index (χ1n) is 15.0. The summed E-state index contributed by atoms with van der Waals surface area (Å²) in [7, 11) is 0. The van der Waals surface area contributed by atoms with E-state index in [9.17, 15) is 32.3 Å². The second kappa shape index (κ2) is 16.6. The summed E-state index contributed by atoms with van der Waals surface area (Å²) in [6.45, 7) is 1.65. The maximum Gasteiger partial charge on any atom is 0.430 e. The van der Waals surface area contributed by atoms with E-state index in [1.165, 1.54) is 0 Å². The number of rotatable bonds is 9. The summed E-state index contributed by atoms with van der Waals surface area (Å²) >= 11 is 0. The van der Waals surface area contributed by atoms with Crippen molar-refractivity contribution in [3.05, 3.63) is 71.8 Å². The zero-order valence-corrected chi connectivity index (χ0v) is 25.6. The highest BCUT2D eigenvalue weighted by Crippen LogP contribution is 2.35. The molecule has 0 aromatic heterocycles. The smallest absolute Gasteiger partial charge is 0.430 e. The molecule has 3 amide bonds. The molecule has 2 aliphatic rings. The number of benzene rings is 2. The summed E-state index contributed by atoms with van der Waals surface area (Å²) in [6, 6.07) is 16.2. The molecule has 0 unspecified atom stereocenters. The number of carbonyl (C=O) groups excluding carboxylic acids is 5. The van der Waals surface area contributed by atoms with Crippen molar-refractivity contribution in [3.8, 4) is 12.3 Å². The molecule has 5 atom stereocenters. The van der Waals surface area contributed by atoms with Gasteiger partial charge < -0.3 is 35.9 Å². The van der Waals surface area contributed by atoms with E-state index >= 15 is 0 Å². The Kier molecular flexibility index (Phi) is 12.9. The summed E-state index contributed by atoms with van der Waals surface area (Å²) in [5.41, 5.74) is 7.79. The lowest BCUT2D eigenvalue weighted by molar-refractivity contribution is -0.344. The number of terminal acetylenes is 1. The first-order valence-corrected chi connectivity index (χ1v) is 15.0. The van der Waals surface area contributed by atoms with E-state index in [-0.39, 0.29) is 24.5 Å². The predicted molar refractivity (Wildman–Crippen MR) is 160 cm³/mol. The number of halogens is 3. The zero-order chi connectivity index (χ0) is 34.7. The van der Waals surface area contributed by atoms with Crippen LogP contribution in [-0.4, -0.2) is 71.5 Å². The van der Waals surface area contributed by atoms with Crippen molar-refractivity contribution in [1.29, 1.82) is 0 Å². The lowest BCUT2D eigenvalue weighted by Gasteiger charge is -2.33. The normalized spacial score (nSPS) is 21.2. The number of nitrogens with zero attached hydrogens (tertiary/aromatic N) is 1. The molecule has 2 heterocycles. The Labute approximate surface area is 270 Å². The Morgan fingerprint density at radius 2 is 1.55 bits per heavy atom. The second-order valence-corrected chi connectivity index (χ2v) is 11.1. The third-order valence-electron chi connectivity index (χ3n) is 8.07. The van der Waals surface area contributed by atoms with Crippen LogP contribution in [0.1, 0.15) is 56.2 Å². The quantitative estimate of drug-likeness (QED) is 0.206. The molecule has 0 bridgehead atoms. The lowest BCUT2D eigenvalue weighted by Crippen LogP contribution is -2.58. The third kappa shape index (κ3) is 9.79. The van der Waals surface area contributed by atoms with Crippen LogP contribution in [0.4, 0.5) is 13.2 Å². The molecule has 2 aromatic rings. The van der Waals surface area contributed by atoms with Gasteiger partial charge in [0.15, 0.2) is 0 Å². The number of hydrogen-bond donors (Lipinski definition) is 3. The van der Waals surface area contributed by atoms with Crippen LogP contribution in [0.5, 0.6) is 0 Å². The SMILES string of the molecule is C#CC(=O)OC[C@H]1CC[C@H]2CC[C@@H](C(=O)NC(c3ccccc3)c3ccccc3)N2C(=O)[C@H]1NC(=O)[C@@H](N)CC.O=C([O-])C(F)(F)F. The molecule has 0 saturated carbocycles. The van der Waals surface area contributed by atoms with Gasteiger partial charge in [-0.1, -0.05) is 67.6 Å². The summed E-state index contributed by atoms with van der Waals surface area (Å²) < 4.78 is 36.7. The topological polar surface area (TPSA) is 171 Å². The molecule has 252 valence electrons. The van der Waals surface area contributed by atoms with Gasteiger partial charge in [-0.2, -0.15) is 13.2 Å². The number of alkyl halides is 3. The fourth-order valence-corrected chi connectivity index (χ4v) is 5.61.